The third-order valence-corrected chi connectivity index (χ3v) is 6.44. The number of amides is 1. The van der Waals surface area contributed by atoms with Crippen LogP contribution in [0.15, 0.2) is 53.7 Å². The second-order valence-corrected chi connectivity index (χ2v) is 8.76. The van der Waals surface area contributed by atoms with Crippen LogP contribution >= 0.6 is 0 Å². The number of nitrogens with zero attached hydrogens (tertiary/aromatic N) is 3. The average Bonchev–Trinajstić information content (AvgIpc) is 2.78. The zero-order chi connectivity index (χ0) is 21.6. The molecular weight excluding hydrogens is 404 g/mol. The highest BCUT2D eigenvalue weighted by atomic mass is 32.2. The highest BCUT2D eigenvalue weighted by Crippen LogP contribution is 2.25. The molecule has 0 unspecified atom stereocenters. The lowest BCUT2D eigenvalue weighted by Crippen LogP contribution is -2.47. The minimum Gasteiger partial charge on any atom is -0.495 e. The maximum Gasteiger partial charge on any atom is 0.246 e. The van der Waals surface area contributed by atoms with E-state index >= 15 is 0 Å². The van der Waals surface area contributed by atoms with E-state index in [0.717, 1.165) is 19.6 Å². The summed E-state index contributed by atoms with van der Waals surface area (Å²) in [6.07, 6.45) is 6.68. The molecule has 1 aliphatic rings. The largest absolute Gasteiger partial charge is 0.495 e. The predicted octanol–water partition coefficient (Wildman–Crippen LogP) is 1.36. The smallest absolute Gasteiger partial charge is 0.246 e. The number of methoxy groups -OCH3 is 1. The van der Waals surface area contributed by atoms with Crippen LogP contribution in [0, 0.1) is 0 Å². The summed E-state index contributed by atoms with van der Waals surface area (Å²) in [5.41, 5.74) is 1.81. The summed E-state index contributed by atoms with van der Waals surface area (Å²) in [5.74, 6) is 0.158. The van der Waals surface area contributed by atoms with E-state index in [1.54, 1.807) is 35.5 Å². The number of hydrogen-bond donors (Lipinski definition) is 1. The fraction of sp³-hybridized carbons (Fsp3) is 0.333. The Kier molecular flexibility index (Phi) is 7.20. The third kappa shape index (κ3) is 5.44. The van der Waals surface area contributed by atoms with Crippen molar-refractivity contribution in [2.75, 3.05) is 40.3 Å². The van der Waals surface area contributed by atoms with Gasteiger partial charge in [-0.2, -0.15) is 0 Å². The quantitative estimate of drug-likeness (QED) is 0.667. The molecule has 1 amide bonds. The Morgan fingerprint density at radius 2 is 1.87 bits per heavy atom. The number of nitrogens with one attached hydrogen (secondary N) is 1. The van der Waals surface area contributed by atoms with Gasteiger partial charge in [0.2, 0.25) is 15.9 Å². The van der Waals surface area contributed by atoms with E-state index in [2.05, 4.69) is 14.6 Å². The third-order valence-electron chi connectivity index (χ3n) is 5.00. The topological polar surface area (TPSA) is 91.8 Å². The maximum absolute atomic E-state index is 12.6. The van der Waals surface area contributed by atoms with Gasteiger partial charge in [-0.3, -0.25) is 14.7 Å². The first kappa shape index (κ1) is 21.9. The Bertz CT molecular complexity index is 1000. The summed E-state index contributed by atoms with van der Waals surface area (Å²) in [5, 5.41) is 0. The summed E-state index contributed by atoms with van der Waals surface area (Å²) in [6.45, 7) is 3.74. The molecule has 30 heavy (non-hydrogen) atoms. The number of carbonyl (C=O) groups excluding carboxylic acids is 1. The number of pyridine rings is 1. The van der Waals surface area contributed by atoms with Crippen LogP contribution in [-0.2, 0) is 21.4 Å². The summed E-state index contributed by atoms with van der Waals surface area (Å²) in [7, 11) is -0.912. The van der Waals surface area contributed by atoms with Gasteiger partial charge in [0.15, 0.2) is 0 Å². The number of ether oxygens (including phenoxy) is 1. The maximum atomic E-state index is 12.6. The lowest BCUT2D eigenvalue weighted by molar-refractivity contribution is -0.127. The average molecular weight is 431 g/mol. The van der Waals surface area contributed by atoms with Crippen LogP contribution < -0.4 is 9.46 Å². The molecule has 9 heteroatoms. The van der Waals surface area contributed by atoms with E-state index in [4.69, 9.17) is 4.74 Å². The number of benzene rings is 1. The van der Waals surface area contributed by atoms with Crippen molar-refractivity contribution in [3.8, 4) is 5.75 Å². The minimum atomic E-state index is -3.67. The zero-order valence-electron chi connectivity index (χ0n) is 17.1. The van der Waals surface area contributed by atoms with Gasteiger partial charge in [0.05, 0.1) is 7.11 Å². The summed E-state index contributed by atoms with van der Waals surface area (Å²) in [4.78, 5) is 20.7. The Balaban J connectivity index is 1.61. The van der Waals surface area contributed by atoms with Crippen LogP contribution in [-0.4, -0.2) is 69.4 Å². The van der Waals surface area contributed by atoms with Gasteiger partial charge in [-0.15, -0.1) is 0 Å². The Labute approximate surface area is 177 Å². The van der Waals surface area contributed by atoms with Crippen molar-refractivity contribution >= 4 is 22.0 Å². The van der Waals surface area contributed by atoms with E-state index < -0.39 is 10.0 Å². The molecule has 0 radical (unpaired) electrons. The predicted molar refractivity (Wildman–Crippen MR) is 114 cm³/mol. The molecule has 0 bridgehead atoms. The highest BCUT2D eigenvalue weighted by Gasteiger charge is 2.20. The molecule has 0 aliphatic carbocycles. The summed E-state index contributed by atoms with van der Waals surface area (Å²) < 4.78 is 31.8. The van der Waals surface area contributed by atoms with E-state index in [1.807, 2.05) is 12.1 Å². The van der Waals surface area contributed by atoms with Gasteiger partial charge in [-0.1, -0.05) is 6.07 Å². The van der Waals surface area contributed by atoms with Crippen molar-refractivity contribution in [3.63, 3.8) is 0 Å². The molecule has 0 atom stereocenters. The minimum absolute atomic E-state index is 0.0341. The van der Waals surface area contributed by atoms with Gasteiger partial charge >= 0.3 is 0 Å². The van der Waals surface area contributed by atoms with Gasteiger partial charge in [0.25, 0.3) is 0 Å². The number of aromatic nitrogens is 1. The fourth-order valence-corrected chi connectivity index (χ4v) is 4.19. The van der Waals surface area contributed by atoms with E-state index in [0.29, 0.717) is 18.7 Å². The second-order valence-electron chi connectivity index (χ2n) is 6.91. The van der Waals surface area contributed by atoms with Crippen molar-refractivity contribution in [3.05, 3.63) is 59.9 Å². The molecule has 0 spiro atoms. The number of rotatable bonds is 7. The molecule has 2 heterocycles. The van der Waals surface area contributed by atoms with E-state index in [-0.39, 0.29) is 16.6 Å². The van der Waals surface area contributed by atoms with Crippen molar-refractivity contribution in [1.29, 1.82) is 0 Å². The molecule has 1 N–H and O–H groups in total. The number of piperazine rings is 1. The molecule has 1 fully saturated rings. The fourth-order valence-electron chi connectivity index (χ4n) is 3.26. The van der Waals surface area contributed by atoms with Gasteiger partial charge in [0.1, 0.15) is 10.6 Å². The molecule has 1 saturated heterocycles. The number of carbonyl (C=O) groups is 1. The van der Waals surface area contributed by atoms with E-state index in [1.165, 1.54) is 31.9 Å². The standard InChI is InChI=1S/C21H26N4O4S/c1-22-30(27,28)20-15-17(3-5-19(20)29-2)4-6-21(26)25-13-11-24(12-14-25)16-18-7-9-23-10-8-18/h3-10,15,22H,11-14,16H2,1-2H3/b6-4+. The molecule has 8 nitrogen and oxygen atoms in total. The molecule has 160 valence electrons. The molecule has 3 rings (SSSR count). The van der Waals surface area contributed by atoms with Crippen LogP contribution in [0.4, 0.5) is 0 Å². The van der Waals surface area contributed by atoms with Gasteiger partial charge in [0, 0.05) is 51.2 Å². The summed E-state index contributed by atoms with van der Waals surface area (Å²) >= 11 is 0. The molecule has 1 aliphatic heterocycles. The van der Waals surface area contributed by atoms with Gasteiger partial charge in [-0.05, 0) is 48.5 Å². The number of sulfonamides is 1. The molecule has 0 saturated carbocycles. The molecule has 1 aromatic heterocycles. The Morgan fingerprint density at radius 1 is 1.17 bits per heavy atom. The van der Waals surface area contributed by atoms with Crippen molar-refractivity contribution in [1.82, 2.24) is 19.5 Å². The Hall–Kier alpha value is -2.75. The first-order chi connectivity index (χ1) is 14.4. The summed E-state index contributed by atoms with van der Waals surface area (Å²) in [6, 6.07) is 8.77. The van der Waals surface area contributed by atoms with E-state index in [9.17, 15) is 13.2 Å². The first-order valence-electron chi connectivity index (χ1n) is 9.63. The lowest BCUT2D eigenvalue weighted by Gasteiger charge is -2.34. The highest BCUT2D eigenvalue weighted by molar-refractivity contribution is 7.89. The molecule has 1 aromatic carbocycles. The van der Waals surface area contributed by atoms with Gasteiger partial charge in [-0.25, -0.2) is 13.1 Å². The zero-order valence-corrected chi connectivity index (χ0v) is 17.9. The molecule has 2 aromatic rings. The number of hydrogen-bond acceptors (Lipinski definition) is 6. The normalized spacial score (nSPS) is 15.5. The van der Waals surface area contributed by atoms with Crippen LogP contribution in [0.25, 0.3) is 6.08 Å². The molecular formula is C21H26N4O4S. The lowest BCUT2D eigenvalue weighted by atomic mass is 10.2. The van der Waals surface area contributed by atoms with Crippen LogP contribution in [0.2, 0.25) is 0 Å². The van der Waals surface area contributed by atoms with Crippen LogP contribution in [0.5, 0.6) is 5.75 Å². The SMILES string of the molecule is CNS(=O)(=O)c1cc(/C=C/C(=O)N2CCN(Cc3ccncc3)CC2)ccc1OC. The van der Waals surface area contributed by atoms with Gasteiger partial charge < -0.3 is 9.64 Å². The van der Waals surface area contributed by atoms with Crippen LogP contribution in [0.3, 0.4) is 0 Å². The monoisotopic (exact) mass is 430 g/mol. The van der Waals surface area contributed by atoms with Crippen LogP contribution in [0.1, 0.15) is 11.1 Å². The first-order valence-corrected chi connectivity index (χ1v) is 11.1. The Morgan fingerprint density at radius 3 is 2.50 bits per heavy atom. The van der Waals surface area contributed by atoms with Crippen molar-refractivity contribution in [2.24, 2.45) is 0 Å². The van der Waals surface area contributed by atoms with Crippen molar-refractivity contribution < 1.29 is 17.9 Å². The second kappa shape index (κ2) is 9.84. The van der Waals surface area contributed by atoms with Crippen molar-refractivity contribution in [2.45, 2.75) is 11.4 Å².